The number of carbonyl (C=O) groups is 3. The molecule has 0 radical (unpaired) electrons. The predicted octanol–water partition coefficient (Wildman–Crippen LogP) is 4.17. The van der Waals surface area contributed by atoms with Crippen molar-refractivity contribution < 1.29 is 29.0 Å². The molecule has 0 unspecified atom stereocenters. The third-order valence-corrected chi connectivity index (χ3v) is 6.39. The lowest BCUT2D eigenvalue weighted by Crippen LogP contribution is -2.43. The van der Waals surface area contributed by atoms with Gasteiger partial charge in [0, 0.05) is 6.42 Å². The molecule has 8 heteroatoms. The van der Waals surface area contributed by atoms with Gasteiger partial charge in [0.2, 0.25) is 0 Å². The average Bonchev–Trinajstić information content (AvgIpc) is 2.93. The molecule has 0 fully saturated rings. The third kappa shape index (κ3) is 10.7. The normalized spacial score (nSPS) is 11.9. The summed E-state index contributed by atoms with van der Waals surface area (Å²) in [6.45, 7) is 6.40. The van der Waals surface area contributed by atoms with Crippen molar-refractivity contribution in [1.29, 1.82) is 0 Å². The SMILES string of the molecule is COC(=O)[C@H](Cc1ccccc1)NC(=O)c1ccc(CCc2ccc(CCNCC(=O)OC(C)(C)C)cc2)cc1O. The molecule has 0 aliphatic rings. The molecule has 41 heavy (non-hydrogen) atoms. The highest BCUT2D eigenvalue weighted by Gasteiger charge is 2.24. The summed E-state index contributed by atoms with van der Waals surface area (Å²) >= 11 is 0. The van der Waals surface area contributed by atoms with Crippen LogP contribution < -0.4 is 10.6 Å². The van der Waals surface area contributed by atoms with Crippen molar-refractivity contribution in [2.75, 3.05) is 20.2 Å². The Balaban J connectivity index is 1.49. The largest absolute Gasteiger partial charge is 0.507 e. The number of aromatic hydroxyl groups is 1. The van der Waals surface area contributed by atoms with Crippen molar-refractivity contribution in [2.45, 2.75) is 58.1 Å². The van der Waals surface area contributed by atoms with Crippen LogP contribution in [0.4, 0.5) is 0 Å². The van der Waals surface area contributed by atoms with E-state index in [1.165, 1.54) is 7.11 Å². The fourth-order valence-corrected chi connectivity index (χ4v) is 4.31. The smallest absolute Gasteiger partial charge is 0.328 e. The quantitative estimate of drug-likeness (QED) is 0.212. The number of hydrogen-bond donors (Lipinski definition) is 3. The van der Waals surface area contributed by atoms with Crippen LogP contribution in [0, 0.1) is 0 Å². The number of esters is 2. The Labute approximate surface area is 242 Å². The van der Waals surface area contributed by atoms with Crippen LogP contribution in [0.15, 0.2) is 72.8 Å². The van der Waals surface area contributed by atoms with Crippen LogP contribution in [-0.2, 0) is 44.7 Å². The first kappa shape index (κ1) is 31.4. The standard InChI is InChI=1S/C33H40N2O6/c1-33(2,3)41-30(37)22-34-19-18-24-12-10-23(11-13-24)14-15-26-16-17-27(29(36)21-26)31(38)35-28(32(39)40-4)20-25-8-6-5-7-9-25/h5-13,16-17,21,28,34,36H,14-15,18-20,22H2,1-4H3,(H,35,38)/t28-/m0/s1. The summed E-state index contributed by atoms with van der Waals surface area (Å²) in [4.78, 5) is 36.9. The third-order valence-electron chi connectivity index (χ3n) is 6.39. The first-order valence-corrected chi connectivity index (χ1v) is 13.8. The van der Waals surface area contributed by atoms with Crippen LogP contribution in [0.1, 0.15) is 53.4 Å². The van der Waals surface area contributed by atoms with Crippen LogP contribution >= 0.6 is 0 Å². The summed E-state index contributed by atoms with van der Waals surface area (Å²) in [5.74, 6) is -1.50. The number of aryl methyl sites for hydroxylation is 2. The maximum absolute atomic E-state index is 12.9. The Bertz CT molecular complexity index is 1300. The topological polar surface area (TPSA) is 114 Å². The molecule has 0 saturated carbocycles. The van der Waals surface area contributed by atoms with Gasteiger partial charge in [-0.2, -0.15) is 0 Å². The molecule has 218 valence electrons. The van der Waals surface area contributed by atoms with Crippen LogP contribution in [0.5, 0.6) is 5.75 Å². The Hall–Kier alpha value is -4.17. The summed E-state index contributed by atoms with van der Waals surface area (Å²) in [7, 11) is 1.28. The minimum atomic E-state index is -0.877. The second-order valence-corrected chi connectivity index (χ2v) is 10.9. The monoisotopic (exact) mass is 560 g/mol. The van der Waals surface area contributed by atoms with E-state index in [2.05, 4.69) is 34.9 Å². The molecule has 1 atom stereocenters. The lowest BCUT2D eigenvalue weighted by molar-refractivity contribution is -0.153. The number of carbonyl (C=O) groups excluding carboxylic acids is 3. The molecule has 0 aliphatic carbocycles. The number of methoxy groups -OCH3 is 1. The zero-order chi connectivity index (χ0) is 29.8. The Kier molecular flexibility index (Phi) is 11.5. The van der Waals surface area contributed by atoms with Crippen molar-refractivity contribution in [1.82, 2.24) is 10.6 Å². The van der Waals surface area contributed by atoms with Crippen molar-refractivity contribution >= 4 is 17.8 Å². The van der Waals surface area contributed by atoms with Gasteiger partial charge in [0.05, 0.1) is 19.2 Å². The molecular formula is C33H40N2O6. The average molecular weight is 561 g/mol. The number of amides is 1. The van der Waals surface area contributed by atoms with E-state index < -0.39 is 23.5 Å². The summed E-state index contributed by atoms with van der Waals surface area (Å²) in [6.07, 6.45) is 2.52. The number of rotatable bonds is 13. The molecule has 1 amide bonds. The molecule has 3 N–H and O–H groups in total. The van der Waals surface area contributed by atoms with E-state index in [1.54, 1.807) is 12.1 Å². The Morgan fingerprint density at radius 3 is 2.05 bits per heavy atom. The first-order valence-electron chi connectivity index (χ1n) is 13.8. The van der Waals surface area contributed by atoms with Gasteiger partial charge in [0.25, 0.3) is 5.91 Å². The van der Waals surface area contributed by atoms with Crippen LogP contribution in [0.2, 0.25) is 0 Å². The van der Waals surface area contributed by atoms with E-state index in [9.17, 15) is 19.5 Å². The number of phenolic OH excluding ortho intramolecular Hbond substituents is 1. The molecule has 3 aromatic rings. The highest BCUT2D eigenvalue weighted by Crippen LogP contribution is 2.21. The molecule has 0 saturated heterocycles. The van der Waals surface area contributed by atoms with Crippen molar-refractivity contribution in [3.8, 4) is 5.75 Å². The second-order valence-electron chi connectivity index (χ2n) is 10.9. The lowest BCUT2D eigenvalue weighted by Gasteiger charge is -2.19. The Morgan fingerprint density at radius 2 is 1.44 bits per heavy atom. The van der Waals surface area contributed by atoms with Crippen LogP contribution in [0.25, 0.3) is 0 Å². The zero-order valence-electron chi connectivity index (χ0n) is 24.2. The first-order chi connectivity index (χ1) is 19.5. The fourth-order valence-electron chi connectivity index (χ4n) is 4.31. The minimum Gasteiger partial charge on any atom is -0.507 e. The number of benzene rings is 3. The summed E-state index contributed by atoms with van der Waals surface area (Å²) in [5.41, 5.74) is 3.70. The van der Waals surface area contributed by atoms with E-state index in [0.717, 1.165) is 35.1 Å². The van der Waals surface area contributed by atoms with Crippen molar-refractivity contribution in [2.24, 2.45) is 0 Å². The molecular weight excluding hydrogens is 520 g/mol. The fraction of sp³-hybridized carbons (Fsp3) is 0.364. The van der Waals surface area contributed by atoms with Gasteiger partial charge in [-0.05, 0) is 81.0 Å². The zero-order valence-corrected chi connectivity index (χ0v) is 24.2. The molecule has 0 aliphatic heterocycles. The van der Waals surface area contributed by atoms with Gasteiger partial charge < -0.3 is 25.2 Å². The van der Waals surface area contributed by atoms with Gasteiger partial charge in [-0.1, -0.05) is 60.7 Å². The summed E-state index contributed by atoms with van der Waals surface area (Å²) < 4.78 is 10.2. The molecule has 0 spiro atoms. The number of ether oxygens (including phenoxy) is 2. The molecule has 0 heterocycles. The minimum absolute atomic E-state index is 0.0975. The number of phenols is 1. The highest BCUT2D eigenvalue weighted by atomic mass is 16.6. The van der Waals surface area contributed by atoms with E-state index >= 15 is 0 Å². The van der Waals surface area contributed by atoms with Gasteiger partial charge >= 0.3 is 11.9 Å². The van der Waals surface area contributed by atoms with E-state index in [1.807, 2.05) is 57.2 Å². The highest BCUT2D eigenvalue weighted by molar-refractivity contribution is 5.99. The summed E-state index contributed by atoms with van der Waals surface area (Å²) in [5, 5.41) is 16.4. The molecule has 3 aromatic carbocycles. The van der Waals surface area contributed by atoms with Gasteiger partial charge in [-0.15, -0.1) is 0 Å². The summed E-state index contributed by atoms with van der Waals surface area (Å²) in [6, 6.07) is 21.7. The van der Waals surface area contributed by atoms with Gasteiger partial charge in [-0.3, -0.25) is 9.59 Å². The molecule has 0 bridgehead atoms. The van der Waals surface area contributed by atoms with Crippen molar-refractivity contribution in [3.63, 3.8) is 0 Å². The van der Waals surface area contributed by atoms with Crippen LogP contribution in [0.3, 0.4) is 0 Å². The second kappa shape index (κ2) is 15.0. The number of hydrogen-bond acceptors (Lipinski definition) is 7. The van der Waals surface area contributed by atoms with E-state index in [4.69, 9.17) is 9.47 Å². The number of nitrogens with one attached hydrogen (secondary N) is 2. The van der Waals surface area contributed by atoms with Gasteiger partial charge in [0.15, 0.2) is 0 Å². The maximum atomic E-state index is 12.9. The van der Waals surface area contributed by atoms with E-state index in [0.29, 0.717) is 13.0 Å². The van der Waals surface area contributed by atoms with Gasteiger partial charge in [0.1, 0.15) is 17.4 Å². The molecule has 8 nitrogen and oxygen atoms in total. The predicted molar refractivity (Wildman–Crippen MR) is 158 cm³/mol. The molecule has 0 aromatic heterocycles. The van der Waals surface area contributed by atoms with E-state index in [-0.39, 0.29) is 30.2 Å². The molecule has 3 rings (SSSR count). The maximum Gasteiger partial charge on any atom is 0.328 e. The van der Waals surface area contributed by atoms with Crippen molar-refractivity contribution in [3.05, 3.63) is 101 Å². The van der Waals surface area contributed by atoms with Crippen LogP contribution in [-0.4, -0.2) is 54.8 Å². The van der Waals surface area contributed by atoms with Gasteiger partial charge in [-0.25, -0.2) is 4.79 Å². The lowest BCUT2D eigenvalue weighted by atomic mass is 10.0. The Morgan fingerprint density at radius 1 is 0.829 bits per heavy atom.